The van der Waals surface area contributed by atoms with E-state index in [9.17, 15) is 23.2 Å². The molecular weight excluding hydrogens is 590 g/mol. The lowest BCUT2D eigenvalue weighted by molar-refractivity contribution is -0.142. The Labute approximate surface area is 262 Å². The molecule has 4 rings (SSSR count). The van der Waals surface area contributed by atoms with Crippen LogP contribution in [0.15, 0.2) is 30.3 Å². The highest BCUT2D eigenvalue weighted by molar-refractivity contribution is 5.94. The van der Waals surface area contributed by atoms with Gasteiger partial charge in [0, 0.05) is 32.7 Å². The molecule has 1 aromatic carbocycles. The summed E-state index contributed by atoms with van der Waals surface area (Å²) in [5.74, 6) is -1.16. The minimum Gasteiger partial charge on any atom is -0.444 e. The fourth-order valence-corrected chi connectivity index (χ4v) is 5.54. The van der Waals surface area contributed by atoms with E-state index in [4.69, 9.17) is 14.2 Å². The molecule has 2 aromatic rings. The second kappa shape index (κ2) is 15.1. The Hall–Kier alpha value is -3.65. The number of carbonyl (C=O) groups is 3. The van der Waals surface area contributed by atoms with Gasteiger partial charge in [0.15, 0.2) is 5.69 Å². The Balaban J connectivity index is 1.69. The maximum atomic E-state index is 14.4. The maximum Gasteiger partial charge on any atom is 0.410 e. The standard InChI is InChI=1S/C31H44F2N6O6/c1-21(2)16-38(29(41)27-25(19-44-20-26(32)33)39(35-34-27)23-9-7-6-8-10-23)24-15-22(28(40)36-11-13-43-14-12-36)17-37(18-24)30(42)45-31(3,4)5/h6-10,21-22,24,26H,11-20H2,1-5H3/t22-,24+/m1/s1. The molecule has 3 heterocycles. The molecule has 2 aliphatic heterocycles. The van der Waals surface area contributed by atoms with E-state index in [1.807, 2.05) is 19.9 Å². The fraction of sp³-hybridized carbons (Fsp3) is 0.645. The summed E-state index contributed by atoms with van der Waals surface area (Å²) in [6.45, 7) is 10.4. The number of hydrogen-bond acceptors (Lipinski definition) is 8. The number of rotatable bonds is 10. The predicted molar refractivity (Wildman–Crippen MR) is 160 cm³/mol. The number of aromatic nitrogens is 3. The van der Waals surface area contributed by atoms with Crippen molar-refractivity contribution in [3.63, 3.8) is 0 Å². The molecule has 2 fully saturated rings. The van der Waals surface area contributed by atoms with Crippen LogP contribution in [0.2, 0.25) is 0 Å². The van der Waals surface area contributed by atoms with Gasteiger partial charge in [-0.15, -0.1) is 5.10 Å². The Morgan fingerprint density at radius 3 is 2.38 bits per heavy atom. The summed E-state index contributed by atoms with van der Waals surface area (Å²) in [4.78, 5) is 46.3. The van der Waals surface area contributed by atoms with Crippen LogP contribution in [0, 0.1) is 11.8 Å². The number of nitrogens with zero attached hydrogens (tertiary/aromatic N) is 6. The van der Waals surface area contributed by atoms with Gasteiger partial charge in [-0.25, -0.2) is 18.3 Å². The lowest BCUT2D eigenvalue weighted by atomic mass is 9.91. The van der Waals surface area contributed by atoms with E-state index >= 15 is 0 Å². The molecule has 1 aromatic heterocycles. The van der Waals surface area contributed by atoms with Crippen LogP contribution in [0.4, 0.5) is 13.6 Å². The Morgan fingerprint density at radius 2 is 1.76 bits per heavy atom. The van der Waals surface area contributed by atoms with Gasteiger partial charge in [-0.05, 0) is 45.2 Å². The lowest BCUT2D eigenvalue weighted by Gasteiger charge is -2.44. The first-order valence-electron chi connectivity index (χ1n) is 15.3. The summed E-state index contributed by atoms with van der Waals surface area (Å²) in [5, 5.41) is 8.40. The van der Waals surface area contributed by atoms with Crippen molar-refractivity contribution in [3.05, 3.63) is 41.7 Å². The zero-order chi connectivity index (χ0) is 32.7. The summed E-state index contributed by atoms with van der Waals surface area (Å²) in [6, 6.07) is 8.34. The fourth-order valence-electron chi connectivity index (χ4n) is 5.54. The SMILES string of the molecule is CC(C)CN(C(=O)c1nnn(-c2ccccc2)c1COCC(F)F)[C@H]1C[C@@H](C(=O)N2CCOCC2)CN(C(=O)OC(C)(C)C)C1. The van der Waals surface area contributed by atoms with Crippen LogP contribution in [0.5, 0.6) is 0 Å². The van der Waals surface area contributed by atoms with Gasteiger partial charge in [-0.3, -0.25) is 9.59 Å². The highest BCUT2D eigenvalue weighted by atomic mass is 19.3. The third-order valence-electron chi connectivity index (χ3n) is 7.46. The smallest absolute Gasteiger partial charge is 0.410 e. The Morgan fingerprint density at radius 1 is 1.07 bits per heavy atom. The normalized spacial score (nSPS) is 19.2. The van der Waals surface area contributed by atoms with Gasteiger partial charge in [0.2, 0.25) is 5.91 Å². The van der Waals surface area contributed by atoms with Crippen LogP contribution < -0.4 is 0 Å². The third-order valence-corrected chi connectivity index (χ3v) is 7.46. The zero-order valence-corrected chi connectivity index (χ0v) is 26.7. The van der Waals surface area contributed by atoms with Crippen LogP contribution in [0.3, 0.4) is 0 Å². The molecule has 0 spiro atoms. The van der Waals surface area contributed by atoms with Crippen molar-refractivity contribution in [1.29, 1.82) is 0 Å². The molecule has 0 aliphatic carbocycles. The quantitative estimate of drug-likeness (QED) is 0.389. The summed E-state index contributed by atoms with van der Waals surface area (Å²) < 4.78 is 43.7. The van der Waals surface area contributed by atoms with Crippen molar-refractivity contribution in [2.75, 3.05) is 52.5 Å². The highest BCUT2D eigenvalue weighted by Gasteiger charge is 2.42. The first-order chi connectivity index (χ1) is 21.3. The van der Waals surface area contributed by atoms with E-state index in [2.05, 4.69) is 10.3 Å². The molecule has 14 heteroatoms. The van der Waals surface area contributed by atoms with Crippen LogP contribution >= 0.6 is 0 Å². The van der Waals surface area contributed by atoms with Gasteiger partial charge in [0.25, 0.3) is 12.3 Å². The molecule has 0 unspecified atom stereocenters. The Bertz CT molecular complexity index is 1300. The van der Waals surface area contributed by atoms with Gasteiger partial charge in [-0.2, -0.15) is 0 Å². The molecule has 2 aliphatic rings. The van der Waals surface area contributed by atoms with Crippen LogP contribution in [0.25, 0.3) is 5.69 Å². The largest absolute Gasteiger partial charge is 0.444 e. The van der Waals surface area contributed by atoms with E-state index in [-0.39, 0.29) is 42.9 Å². The van der Waals surface area contributed by atoms with E-state index in [1.165, 1.54) is 9.58 Å². The number of piperidine rings is 1. The highest BCUT2D eigenvalue weighted by Crippen LogP contribution is 2.28. The molecule has 248 valence electrons. The average Bonchev–Trinajstić information content (AvgIpc) is 3.42. The molecule has 3 amide bonds. The van der Waals surface area contributed by atoms with Gasteiger partial charge < -0.3 is 28.9 Å². The number of ether oxygens (including phenoxy) is 3. The second-order valence-electron chi connectivity index (χ2n) is 12.8. The zero-order valence-electron chi connectivity index (χ0n) is 26.7. The average molecular weight is 635 g/mol. The van der Waals surface area contributed by atoms with Gasteiger partial charge in [-0.1, -0.05) is 37.3 Å². The first kappa shape index (κ1) is 34.2. The summed E-state index contributed by atoms with van der Waals surface area (Å²) in [7, 11) is 0. The predicted octanol–water partition coefficient (Wildman–Crippen LogP) is 3.63. The third kappa shape index (κ3) is 9.19. The summed E-state index contributed by atoms with van der Waals surface area (Å²) in [5.41, 5.74) is 0.00479. The molecule has 0 saturated carbocycles. The molecular formula is C31H44F2N6O6. The number of alkyl halides is 2. The topological polar surface area (TPSA) is 119 Å². The monoisotopic (exact) mass is 634 g/mol. The number of likely N-dealkylation sites (tertiary alicyclic amines) is 1. The number of para-hydroxylation sites is 1. The van der Waals surface area contributed by atoms with E-state index < -0.39 is 42.6 Å². The lowest BCUT2D eigenvalue weighted by Crippen LogP contribution is -2.58. The summed E-state index contributed by atoms with van der Waals surface area (Å²) in [6.07, 6.45) is -2.94. The number of benzene rings is 1. The van der Waals surface area contributed by atoms with Crippen LogP contribution in [-0.2, 0) is 25.6 Å². The molecule has 0 N–H and O–H groups in total. The van der Waals surface area contributed by atoms with Crippen molar-refractivity contribution in [2.24, 2.45) is 11.8 Å². The van der Waals surface area contributed by atoms with Gasteiger partial charge in [0.1, 0.15) is 17.9 Å². The number of morpholine rings is 1. The maximum absolute atomic E-state index is 14.4. The number of hydrogen-bond donors (Lipinski definition) is 0. The van der Waals surface area contributed by atoms with Crippen molar-refractivity contribution in [3.8, 4) is 5.69 Å². The van der Waals surface area contributed by atoms with Crippen LogP contribution in [0.1, 0.15) is 57.2 Å². The number of carbonyl (C=O) groups excluding carboxylic acids is 3. The van der Waals surface area contributed by atoms with Gasteiger partial charge >= 0.3 is 6.09 Å². The minimum absolute atomic E-state index is 0.0157. The first-order valence-corrected chi connectivity index (χ1v) is 15.3. The van der Waals surface area contributed by atoms with Crippen molar-refractivity contribution < 1.29 is 37.4 Å². The van der Waals surface area contributed by atoms with E-state index in [0.717, 1.165) is 0 Å². The number of halogens is 2. The molecule has 12 nitrogen and oxygen atoms in total. The van der Waals surface area contributed by atoms with E-state index in [0.29, 0.717) is 45.0 Å². The molecule has 0 radical (unpaired) electrons. The van der Waals surface area contributed by atoms with Gasteiger partial charge in [0.05, 0.1) is 37.5 Å². The summed E-state index contributed by atoms with van der Waals surface area (Å²) >= 11 is 0. The van der Waals surface area contributed by atoms with Crippen molar-refractivity contribution >= 4 is 17.9 Å². The van der Waals surface area contributed by atoms with Crippen molar-refractivity contribution in [1.82, 2.24) is 29.7 Å². The Kier molecular flexibility index (Phi) is 11.5. The minimum atomic E-state index is -2.69. The second-order valence-corrected chi connectivity index (χ2v) is 12.8. The van der Waals surface area contributed by atoms with Crippen LogP contribution in [-0.4, -0.2) is 118 Å². The van der Waals surface area contributed by atoms with Crippen molar-refractivity contribution in [2.45, 2.75) is 65.7 Å². The molecule has 45 heavy (non-hydrogen) atoms. The molecule has 2 saturated heterocycles. The van der Waals surface area contributed by atoms with E-state index in [1.54, 1.807) is 54.8 Å². The molecule has 0 bridgehead atoms. The molecule has 2 atom stereocenters. The number of amides is 3.